The number of benzene rings is 1. The van der Waals surface area contributed by atoms with Crippen LogP contribution in [0.2, 0.25) is 0 Å². The lowest BCUT2D eigenvalue weighted by Crippen LogP contribution is -2.50. The van der Waals surface area contributed by atoms with Gasteiger partial charge < -0.3 is 30.6 Å². The molecule has 4 atom stereocenters. The van der Waals surface area contributed by atoms with Gasteiger partial charge in [0.15, 0.2) is 6.10 Å². The summed E-state index contributed by atoms with van der Waals surface area (Å²) in [6, 6.07) is 6.17. The Labute approximate surface area is 125 Å². The summed E-state index contributed by atoms with van der Waals surface area (Å²) in [6.07, 6.45) is -6.58. The zero-order valence-corrected chi connectivity index (χ0v) is 11.4. The van der Waals surface area contributed by atoms with Crippen molar-refractivity contribution in [2.75, 3.05) is 6.61 Å². The molecule has 0 aliphatic carbocycles. The van der Waals surface area contributed by atoms with Gasteiger partial charge in [0.2, 0.25) is 0 Å². The molecule has 0 bridgehead atoms. The molecule has 0 unspecified atom stereocenters. The minimum Gasteiger partial charge on any atom is -0.507 e. The van der Waals surface area contributed by atoms with Gasteiger partial charge in [0, 0.05) is 5.56 Å². The van der Waals surface area contributed by atoms with Gasteiger partial charge in [-0.15, -0.1) is 0 Å². The fraction of sp³-hybridized carbons (Fsp3) is 0.385. The van der Waals surface area contributed by atoms with Crippen molar-refractivity contribution in [1.82, 2.24) is 5.43 Å². The third-order valence-electron chi connectivity index (χ3n) is 2.84. The Morgan fingerprint density at radius 1 is 1.18 bits per heavy atom. The maximum Gasteiger partial charge on any atom is 0.271 e. The molecule has 1 aromatic carbocycles. The average molecular weight is 314 g/mol. The highest BCUT2D eigenvalue weighted by atomic mass is 16.4. The third-order valence-corrected chi connectivity index (χ3v) is 2.84. The summed E-state index contributed by atoms with van der Waals surface area (Å²) in [4.78, 5) is 11.5. The van der Waals surface area contributed by atoms with Gasteiger partial charge >= 0.3 is 0 Å². The van der Waals surface area contributed by atoms with E-state index in [0.717, 1.165) is 6.21 Å². The van der Waals surface area contributed by atoms with Crippen LogP contribution in [0, 0.1) is 0 Å². The number of carbonyl (C=O) groups excluding carboxylic acids is 1. The highest BCUT2D eigenvalue weighted by molar-refractivity contribution is 5.86. The van der Waals surface area contributed by atoms with Crippen LogP contribution in [0.5, 0.6) is 5.75 Å². The largest absolute Gasteiger partial charge is 0.507 e. The van der Waals surface area contributed by atoms with E-state index in [9.17, 15) is 25.2 Å². The monoisotopic (exact) mass is 314 g/mol. The maximum absolute atomic E-state index is 11.5. The summed E-state index contributed by atoms with van der Waals surface area (Å²) in [5, 5.41) is 59.1. The number of hydrazone groups is 1. The molecule has 1 amide bonds. The van der Waals surface area contributed by atoms with E-state index < -0.39 is 36.9 Å². The fourth-order valence-electron chi connectivity index (χ4n) is 1.51. The Morgan fingerprint density at radius 3 is 2.41 bits per heavy atom. The molecule has 0 spiro atoms. The third kappa shape index (κ3) is 4.76. The minimum absolute atomic E-state index is 0.0671. The van der Waals surface area contributed by atoms with Crippen LogP contribution in [-0.2, 0) is 4.79 Å². The minimum atomic E-state index is -2.07. The molecule has 0 fully saturated rings. The van der Waals surface area contributed by atoms with Crippen molar-refractivity contribution in [3.05, 3.63) is 29.8 Å². The number of aliphatic hydroxyl groups excluding tert-OH is 5. The molecule has 122 valence electrons. The molecule has 9 nitrogen and oxygen atoms in total. The summed E-state index contributed by atoms with van der Waals surface area (Å²) < 4.78 is 0. The lowest BCUT2D eigenvalue weighted by atomic mass is 10.0. The highest BCUT2D eigenvalue weighted by Crippen LogP contribution is 2.12. The smallest absolute Gasteiger partial charge is 0.271 e. The SMILES string of the molecule is O=C(N/N=C\c1ccccc1O)[C@H](O)[C@H](O)[C@@H](O)[C@@H](O)CO. The molecule has 1 aromatic rings. The van der Waals surface area contributed by atoms with Crippen molar-refractivity contribution < 1.29 is 35.4 Å². The van der Waals surface area contributed by atoms with E-state index in [0.29, 0.717) is 5.56 Å². The summed E-state index contributed by atoms with van der Waals surface area (Å²) >= 11 is 0. The fourth-order valence-corrected chi connectivity index (χ4v) is 1.51. The van der Waals surface area contributed by atoms with Crippen LogP contribution in [0.25, 0.3) is 0 Å². The van der Waals surface area contributed by atoms with E-state index in [1.165, 1.54) is 12.1 Å². The molecule has 0 aromatic heterocycles. The number of aromatic hydroxyl groups is 1. The van der Waals surface area contributed by atoms with Crippen LogP contribution in [0.4, 0.5) is 0 Å². The van der Waals surface area contributed by atoms with Crippen LogP contribution in [-0.4, -0.2) is 73.8 Å². The first kappa shape index (κ1) is 18.0. The Morgan fingerprint density at radius 2 is 1.82 bits per heavy atom. The predicted octanol–water partition coefficient (Wildman–Crippen LogP) is -2.72. The molecule has 0 heterocycles. The van der Waals surface area contributed by atoms with Gasteiger partial charge in [0.1, 0.15) is 24.1 Å². The van der Waals surface area contributed by atoms with Crippen molar-refractivity contribution in [2.45, 2.75) is 24.4 Å². The molecule has 9 heteroatoms. The van der Waals surface area contributed by atoms with Gasteiger partial charge in [-0.25, -0.2) is 5.43 Å². The van der Waals surface area contributed by atoms with Gasteiger partial charge in [-0.3, -0.25) is 4.79 Å². The topological polar surface area (TPSA) is 163 Å². The lowest BCUT2D eigenvalue weighted by Gasteiger charge is -2.24. The number of hydrogen-bond donors (Lipinski definition) is 7. The first-order valence-corrected chi connectivity index (χ1v) is 6.32. The number of aliphatic hydroxyl groups is 5. The molecule has 0 radical (unpaired) electrons. The van der Waals surface area contributed by atoms with Gasteiger partial charge in [-0.05, 0) is 12.1 Å². The maximum atomic E-state index is 11.5. The molecular weight excluding hydrogens is 296 g/mol. The quantitative estimate of drug-likeness (QED) is 0.212. The first-order valence-electron chi connectivity index (χ1n) is 6.32. The zero-order chi connectivity index (χ0) is 16.7. The van der Waals surface area contributed by atoms with Crippen LogP contribution in [0.15, 0.2) is 29.4 Å². The number of nitrogens with zero attached hydrogens (tertiary/aromatic N) is 1. The van der Waals surface area contributed by atoms with Crippen LogP contribution < -0.4 is 5.43 Å². The molecule has 0 saturated carbocycles. The number of carbonyl (C=O) groups is 1. The van der Waals surface area contributed by atoms with Gasteiger partial charge in [0.25, 0.3) is 5.91 Å². The van der Waals surface area contributed by atoms with E-state index in [1.807, 2.05) is 5.43 Å². The molecule has 22 heavy (non-hydrogen) atoms. The Hall–Kier alpha value is -2.04. The van der Waals surface area contributed by atoms with E-state index >= 15 is 0 Å². The Bertz CT molecular complexity index is 523. The summed E-state index contributed by atoms with van der Waals surface area (Å²) in [7, 11) is 0. The highest BCUT2D eigenvalue weighted by Gasteiger charge is 2.34. The molecular formula is C13H18N2O7. The van der Waals surface area contributed by atoms with E-state index in [1.54, 1.807) is 12.1 Å². The molecule has 7 N–H and O–H groups in total. The number of phenols is 1. The average Bonchev–Trinajstić information content (AvgIpc) is 2.53. The van der Waals surface area contributed by atoms with Crippen LogP contribution in [0.1, 0.15) is 5.56 Å². The summed E-state index contributed by atoms with van der Waals surface area (Å²) in [5.74, 6) is -1.20. The second kappa shape index (κ2) is 8.41. The molecule has 1 rings (SSSR count). The number of phenolic OH excluding ortho intramolecular Hbond substituents is 1. The molecule has 0 saturated heterocycles. The van der Waals surface area contributed by atoms with Crippen molar-refractivity contribution in [3.63, 3.8) is 0 Å². The number of rotatable bonds is 7. The first-order chi connectivity index (χ1) is 10.4. The second-order valence-electron chi connectivity index (χ2n) is 4.47. The van der Waals surface area contributed by atoms with Gasteiger partial charge in [0.05, 0.1) is 12.8 Å². The van der Waals surface area contributed by atoms with E-state index in [2.05, 4.69) is 5.10 Å². The zero-order valence-electron chi connectivity index (χ0n) is 11.4. The molecule has 0 aliphatic rings. The van der Waals surface area contributed by atoms with Crippen molar-refractivity contribution in [3.8, 4) is 5.75 Å². The lowest BCUT2D eigenvalue weighted by molar-refractivity contribution is -0.148. The van der Waals surface area contributed by atoms with Crippen LogP contribution >= 0.6 is 0 Å². The van der Waals surface area contributed by atoms with Crippen molar-refractivity contribution in [1.29, 1.82) is 0 Å². The van der Waals surface area contributed by atoms with Gasteiger partial charge in [-0.1, -0.05) is 12.1 Å². The second-order valence-corrected chi connectivity index (χ2v) is 4.47. The molecule has 0 aliphatic heterocycles. The normalized spacial score (nSPS) is 17.0. The number of nitrogens with one attached hydrogen (secondary N) is 1. The number of hydrogen-bond acceptors (Lipinski definition) is 8. The summed E-state index contributed by atoms with van der Waals surface area (Å²) in [6.45, 7) is -0.849. The predicted molar refractivity (Wildman–Crippen MR) is 75.0 cm³/mol. The summed E-state index contributed by atoms with van der Waals surface area (Å²) in [5.41, 5.74) is 2.22. The van der Waals surface area contributed by atoms with Crippen molar-refractivity contribution in [2.24, 2.45) is 5.10 Å². The Kier molecular flexibility index (Phi) is 6.89. The van der Waals surface area contributed by atoms with Crippen molar-refractivity contribution >= 4 is 12.1 Å². The van der Waals surface area contributed by atoms with E-state index in [-0.39, 0.29) is 5.75 Å². The number of para-hydroxylation sites is 1. The Balaban J connectivity index is 2.59. The standard InChI is InChI=1S/C13H18N2O7/c16-6-9(18)10(19)11(20)12(21)13(22)15-14-5-7-3-1-2-4-8(7)17/h1-5,9-12,16-21H,6H2,(H,15,22)/b14-5-/t9-,10-,11+,12+/m0/s1. The van der Waals surface area contributed by atoms with E-state index in [4.69, 9.17) is 10.2 Å². The number of amides is 1. The van der Waals surface area contributed by atoms with Gasteiger partial charge in [-0.2, -0.15) is 5.10 Å². The van der Waals surface area contributed by atoms with Crippen LogP contribution in [0.3, 0.4) is 0 Å².